The van der Waals surface area contributed by atoms with E-state index in [1.54, 1.807) is 14.2 Å². The zero-order valence-electron chi connectivity index (χ0n) is 18.6. The molecule has 2 aromatic rings. The van der Waals surface area contributed by atoms with E-state index in [0.717, 1.165) is 35.1 Å². The van der Waals surface area contributed by atoms with Crippen LogP contribution < -0.4 is 10.6 Å². The molecule has 6 atom stereocenters. The fraction of sp³-hybridized carbons (Fsp3) is 0.583. The van der Waals surface area contributed by atoms with Gasteiger partial charge in [0.15, 0.2) is 0 Å². The molecule has 6 unspecified atom stereocenters. The summed E-state index contributed by atoms with van der Waals surface area (Å²) < 4.78 is 11.5. The molecule has 162 valence electrons. The number of aryl methyl sites for hydroxylation is 1. The van der Waals surface area contributed by atoms with Gasteiger partial charge in [0.05, 0.1) is 17.7 Å². The van der Waals surface area contributed by atoms with Crippen LogP contribution in [0.3, 0.4) is 0 Å². The molecule has 4 rings (SSSR count). The Kier molecular flexibility index (Phi) is 5.98. The first-order valence-corrected chi connectivity index (χ1v) is 10.9. The van der Waals surface area contributed by atoms with E-state index in [2.05, 4.69) is 48.7 Å². The van der Waals surface area contributed by atoms with Crippen molar-refractivity contribution in [2.24, 2.45) is 17.8 Å². The smallest absolute Gasteiger partial charge is 0.223 e. The van der Waals surface area contributed by atoms with E-state index in [9.17, 15) is 4.79 Å². The molecule has 2 heterocycles. The van der Waals surface area contributed by atoms with Crippen molar-refractivity contribution >= 4 is 22.6 Å². The van der Waals surface area contributed by atoms with Gasteiger partial charge in [0.2, 0.25) is 5.91 Å². The molecule has 2 aliphatic rings. The van der Waals surface area contributed by atoms with Crippen LogP contribution in [0.5, 0.6) is 0 Å². The van der Waals surface area contributed by atoms with Gasteiger partial charge in [-0.15, -0.1) is 0 Å². The third-order valence-corrected chi connectivity index (χ3v) is 7.17. The van der Waals surface area contributed by atoms with Crippen LogP contribution in [0.2, 0.25) is 0 Å². The Labute approximate surface area is 178 Å². The van der Waals surface area contributed by atoms with Crippen molar-refractivity contribution in [1.82, 2.24) is 10.3 Å². The van der Waals surface area contributed by atoms with E-state index >= 15 is 0 Å². The molecular weight excluding hydrogens is 378 g/mol. The maximum absolute atomic E-state index is 13.1. The Balaban J connectivity index is 1.68. The van der Waals surface area contributed by atoms with Gasteiger partial charge in [0.25, 0.3) is 0 Å². The Morgan fingerprint density at radius 2 is 1.83 bits per heavy atom. The fourth-order valence-corrected chi connectivity index (χ4v) is 5.55. The summed E-state index contributed by atoms with van der Waals surface area (Å²) >= 11 is 0. The lowest BCUT2D eigenvalue weighted by molar-refractivity contribution is -0.143. The molecule has 1 saturated carbocycles. The highest BCUT2D eigenvalue weighted by atomic mass is 16.5. The van der Waals surface area contributed by atoms with Crippen LogP contribution in [0.15, 0.2) is 24.3 Å². The standard InChI is InChI=1S/C24H33N3O3/c1-13-6-7-20-15(8-13)9-16(23(25-3)27-20)10-19-18-12-22(30-5)21(29-4)11-17(18)14(2)26-24(19)28/h6-9,14,17-19,21-22H,10-12H2,1-5H3,(H,25,27)(H,26,28). The molecule has 1 amide bonds. The number of hydrogen-bond acceptors (Lipinski definition) is 5. The minimum Gasteiger partial charge on any atom is -0.379 e. The number of carbonyl (C=O) groups is 1. The minimum atomic E-state index is -0.0992. The summed E-state index contributed by atoms with van der Waals surface area (Å²) in [6.45, 7) is 4.20. The fourth-order valence-electron chi connectivity index (χ4n) is 5.55. The molecule has 2 N–H and O–H groups in total. The highest BCUT2D eigenvalue weighted by Gasteiger charge is 2.48. The van der Waals surface area contributed by atoms with Crippen molar-refractivity contribution in [3.05, 3.63) is 35.4 Å². The maximum Gasteiger partial charge on any atom is 0.223 e. The number of hydrogen-bond donors (Lipinski definition) is 2. The van der Waals surface area contributed by atoms with Gasteiger partial charge in [-0.3, -0.25) is 4.79 Å². The number of benzene rings is 1. The van der Waals surface area contributed by atoms with Crippen molar-refractivity contribution in [2.45, 2.75) is 51.4 Å². The van der Waals surface area contributed by atoms with Gasteiger partial charge in [-0.25, -0.2) is 4.98 Å². The zero-order chi connectivity index (χ0) is 21.4. The van der Waals surface area contributed by atoms with E-state index in [1.807, 2.05) is 7.05 Å². The molecule has 0 bridgehead atoms. The van der Waals surface area contributed by atoms with Crippen molar-refractivity contribution in [1.29, 1.82) is 0 Å². The highest BCUT2D eigenvalue weighted by molar-refractivity contribution is 5.84. The second-order valence-corrected chi connectivity index (χ2v) is 8.90. The van der Waals surface area contributed by atoms with Crippen LogP contribution in [0.4, 0.5) is 5.82 Å². The number of anilines is 1. The number of fused-ring (bicyclic) bond motifs is 2. The molecule has 6 nitrogen and oxygen atoms in total. The number of rotatable bonds is 5. The topological polar surface area (TPSA) is 72.5 Å². The van der Waals surface area contributed by atoms with Crippen LogP contribution >= 0.6 is 0 Å². The van der Waals surface area contributed by atoms with Crippen LogP contribution in [0.25, 0.3) is 10.9 Å². The Hall–Kier alpha value is -2.18. The first kappa shape index (κ1) is 21.1. The normalized spacial score (nSPS) is 31.3. The Morgan fingerprint density at radius 3 is 2.50 bits per heavy atom. The predicted molar refractivity (Wildman–Crippen MR) is 119 cm³/mol. The van der Waals surface area contributed by atoms with Crippen molar-refractivity contribution in [2.75, 3.05) is 26.6 Å². The molecule has 2 fully saturated rings. The van der Waals surface area contributed by atoms with Gasteiger partial charge in [0.1, 0.15) is 5.82 Å². The summed E-state index contributed by atoms with van der Waals surface area (Å²) in [5, 5.41) is 7.58. The van der Waals surface area contributed by atoms with Crippen molar-refractivity contribution < 1.29 is 14.3 Å². The lowest BCUT2D eigenvalue weighted by Crippen LogP contribution is -2.58. The van der Waals surface area contributed by atoms with Gasteiger partial charge in [-0.2, -0.15) is 0 Å². The Bertz CT molecular complexity index is 931. The van der Waals surface area contributed by atoms with Crippen molar-refractivity contribution in [3.8, 4) is 0 Å². The van der Waals surface area contributed by atoms with Gasteiger partial charge in [-0.05, 0) is 68.7 Å². The summed E-state index contributed by atoms with van der Waals surface area (Å²) in [7, 11) is 5.39. The van der Waals surface area contributed by atoms with Gasteiger partial charge >= 0.3 is 0 Å². The number of aromatic nitrogens is 1. The summed E-state index contributed by atoms with van der Waals surface area (Å²) in [6, 6.07) is 8.62. The zero-order valence-corrected chi connectivity index (χ0v) is 18.6. The average Bonchev–Trinajstić information content (AvgIpc) is 2.74. The van der Waals surface area contributed by atoms with Gasteiger partial charge < -0.3 is 20.1 Å². The van der Waals surface area contributed by atoms with Crippen LogP contribution in [-0.4, -0.2) is 50.4 Å². The van der Waals surface area contributed by atoms with E-state index in [0.29, 0.717) is 12.3 Å². The third kappa shape index (κ3) is 3.79. The van der Waals surface area contributed by atoms with E-state index < -0.39 is 0 Å². The van der Waals surface area contributed by atoms with Crippen LogP contribution in [-0.2, 0) is 20.7 Å². The van der Waals surface area contributed by atoms with Gasteiger partial charge in [0, 0.05) is 38.6 Å². The number of piperidine rings is 1. The number of pyridine rings is 1. The molecule has 30 heavy (non-hydrogen) atoms. The lowest BCUT2D eigenvalue weighted by Gasteiger charge is -2.48. The summed E-state index contributed by atoms with van der Waals surface area (Å²) in [6.07, 6.45) is 2.52. The van der Waals surface area contributed by atoms with E-state index in [1.165, 1.54) is 5.56 Å². The first-order chi connectivity index (χ1) is 14.4. The van der Waals surface area contributed by atoms with Crippen LogP contribution in [0.1, 0.15) is 30.9 Å². The molecule has 1 aromatic carbocycles. The first-order valence-electron chi connectivity index (χ1n) is 10.9. The molecule has 6 heteroatoms. The monoisotopic (exact) mass is 411 g/mol. The van der Waals surface area contributed by atoms with E-state index in [-0.39, 0.29) is 36.0 Å². The maximum atomic E-state index is 13.1. The number of amides is 1. The molecule has 0 spiro atoms. The quantitative estimate of drug-likeness (QED) is 0.790. The molecule has 1 aromatic heterocycles. The summed E-state index contributed by atoms with van der Waals surface area (Å²) in [5.41, 5.74) is 3.26. The number of carbonyl (C=O) groups excluding carboxylic acids is 1. The molecule has 1 saturated heterocycles. The average molecular weight is 412 g/mol. The highest BCUT2D eigenvalue weighted by Crippen LogP contribution is 2.43. The number of nitrogens with one attached hydrogen (secondary N) is 2. The number of nitrogens with zero attached hydrogens (tertiary/aromatic N) is 1. The van der Waals surface area contributed by atoms with Crippen molar-refractivity contribution in [3.63, 3.8) is 0 Å². The molecule has 1 aliphatic carbocycles. The molecular formula is C24H33N3O3. The summed E-state index contributed by atoms with van der Waals surface area (Å²) in [5.74, 6) is 1.54. The largest absolute Gasteiger partial charge is 0.379 e. The molecule has 0 radical (unpaired) electrons. The molecule has 1 aliphatic heterocycles. The number of ether oxygens (including phenoxy) is 2. The minimum absolute atomic E-state index is 0.0259. The summed E-state index contributed by atoms with van der Waals surface area (Å²) in [4.78, 5) is 17.9. The predicted octanol–water partition coefficient (Wildman–Crippen LogP) is 3.32. The third-order valence-electron chi connectivity index (χ3n) is 7.17. The second-order valence-electron chi connectivity index (χ2n) is 8.90. The van der Waals surface area contributed by atoms with E-state index in [4.69, 9.17) is 14.5 Å². The van der Waals surface area contributed by atoms with Crippen LogP contribution in [0, 0.1) is 24.7 Å². The SMILES string of the molecule is CNc1nc2ccc(C)cc2cc1CC1C(=O)NC(C)C2CC(OC)C(OC)CC12. The van der Waals surface area contributed by atoms with Gasteiger partial charge in [-0.1, -0.05) is 11.6 Å². The second kappa shape index (κ2) is 8.52. The Morgan fingerprint density at radius 1 is 1.13 bits per heavy atom. The number of methoxy groups -OCH3 is 2. The lowest BCUT2D eigenvalue weighted by atomic mass is 9.64.